The molecule has 0 bridgehead atoms. The number of rotatable bonds is 4. The third kappa shape index (κ3) is 4.39. The van der Waals surface area contributed by atoms with E-state index in [1.54, 1.807) is 0 Å². The molecule has 24 heavy (non-hydrogen) atoms. The van der Waals surface area contributed by atoms with Crippen LogP contribution in [0, 0.1) is 0 Å². The van der Waals surface area contributed by atoms with Crippen molar-refractivity contribution in [2.75, 3.05) is 37.6 Å². The van der Waals surface area contributed by atoms with Crippen molar-refractivity contribution >= 4 is 46.9 Å². The maximum atomic E-state index is 12.5. The van der Waals surface area contributed by atoms with E-state index in [0.29, 0.717) is 25.3 Å². The number of nitrogens with two attached hydrogens (primary N) is 1. The summed E-state index contributed by atoms with van der Waals surface area (Å²) in [6, 6.07) is 7.82. The Morgan fingerprint density at radius 1 is 1.29 bits per heavy atom. The van der Waals surface area contributed by atoms with Crippen LogP contribution in [0.4, 0.5) is 5.69 Å². The number of hydrogen-bond donors (Lipinski definition) is 1. The molecule has 1 aliphatic rings. The molecule has 1 fully saturated rings. The number of benzene rings is 1. The smallest absolute Gasteiger partial charge is 0.273 e. The summed E-state index contributed by atoms with van der Waals surface area (Å²) in [6.45, 7) is 3.53. The number of halogens is 2. The number of nitrogens with zero attached hydrogens (tertiary/aromatic N) is 3. The highest BCUT2D eigenvalue weighted by atomic mass is 35.5. The Morgan fingerprint density at radius 3 is 2.71 bits per heavy atom. The summed E-state index contributed by atoms with van der Waals surface area (Å²) in [5.41, 5.74) is 7.16. The van der Waals surface area contributed by atoms with Gasteiger partial charge in [0.05, 0.1) is 5.01 Å². The van der Waals surface area contributed by atoms with Crippen LogP contribution in [0.25, 0.3) is 0 Å². The highest BCUT2D eigenvalue weighted by molar-refractivity contribution is 7.09. The van der Waals surface area contributed by atoms with Crippen LogP contribution in [0.3, 0.4) is 0 Å². The highest BCUT2D eigenvalue weighted by Gasteiger charge is 2.24. The average molecular weight is 387 g/mol. The van der Waals surface area contributed by atoms with E-state index in [1.165, 1.54) is 11.3 Å². The maximum Gasteiger partial charge on any atom is 0.273 e. The molecule has 3 rings (SSSR count). The van der Waals surface area contributed by atoms with Gasteiger partial charge in [-0.1, -0.05) is 17.7 Å². The fourth-order valence-electron chi connectivity index (χ4n) is 2.65. The molecule has 0 unspecified atom stereocenters. The number of thiazole rings is 1. The van der Waals surface area contributed by atoms with Crippen LogP contribution in [0.5, 0.6) is 0 Å². The van der Waals surface area contributed by atoms with Crippen LogP contribution < -0.4 is 10.6 Å². The van der Waals surface area contributed by atoms with Crippen molar-refractivity contribution in [1.82, 2.24) is 9.88 Å². The number of hydrogen-bond acceptors (Lipinski definition) is 5. The van der Waals surface area contributed by atoms with Crippen molar-refractivity contribution in [2.45, 2.75) is 6.42 Å². The molecule has 1 aliphatic heterocycles. The quantitative estimate of drug-likeness (QED) is 0.876. The van der Waals surface area contributed by atoms with Crippen molar-refractivity contribution in [2.24, 2.45) is 5.73 Å². The molecular formula is C16H20Cl2N4OS. The van der Waals surface area contributed by atoms with E-state index < -0.39 is 0 Å². The zero-order chi connectivity index (χ0) is 16.2. The van der Waals surface area contributed by atoms with Gasteiger partial charge in [0.1, 0.15) is 5.69 Å². The van der Waals surface area contributed by atoms with Gasteiger partial charge in [0.2, 0.25) is 0 Å². The summed E-state index contributed by atoms with van der Waals surface area (Å²) in [7, 11) is 0. The van der Waals surface area contributed by atoms with Gasteiger partial charge in [-0.2, -0.15) is 0 Å². The molecule has 2 N–H and O–H groups in total. The van der Waals surface area contributed by atoms with Crippen LogP contribution in [0.2, 0.25) is 5.02 Å². The number of piperazine rings is 1. The summed E-state index contributed by atoms with van der Waals surface area (Å²) in [6.07, 6.45) is 0.723. The van der Waals surface area contributed by atoms with Crippen LogP contribution in [0.1, 0.15) is 15.5 Å². The summed E-state index contributed by atoms with van der Waals surface area (Å²) in [5.74, 6) is 0.00951. The van der Waals surface area contributed by atoms with Gasteiger partial charge in [0, 0.05) is 48.7 Å². The minimum Gasteiger partial charge on any atom is -0.368 e. The predicted octanol–water partition coefficient (Wildman–Crippen LogP) is 2.68. The van der Waals surface area contributed by atoms with E-state index in [4.69, 9.17) is 17.3 Å². The SMILES string of the molecule is Cl.NCCc1nc(C(=O)N2CCN(c3cccc(Cl)c3)CC2)cs1. The minimum absolute atomic E-state index is 0. The molecular weight excluding hydrogens is 367 g/mol. The molecule has 1 saturated heterocycles. The maximum absolute atomic E-state index is 12.5. The Hall–Kier alpha value is -1.34. The van der Waals surface area contributed by atoms with E-state index in [9.17, 15) is 4.79 Å². The molecule has 0 spiro atoms. The molecule has 1 aromatic heterocycles. The number of anilines is 1. The van der Waals surface area contributed by atoms with Gasteiger partial charge >= 0.3 is 0 Å². The Morgan fingerprint density at radius 2 is 2.04 bits per heavy atom. The minimum atomic E-state index is 0. The zero-order valence-electron chi connectivity index (χ0n) is 13.2. The Balaban J connectivity index is 0.00000208. The van der Waals surface area contributed by atoms with Gasteiger partial charge < -0.3 is 15.5 Å². The lowest BCUT2D eigenvalue weighted by Gasteiger charge is -2.35. The van der Waals surface area contributed by atoms with Crippen molar-refractivity contribution in [3.8, 4) is 0 Å². The number of aromatic nitrogens is 1. The molecule has 2 heterocycles. The summed E-state index contributed by atoms with van der Waals surface area (Å²) in [5, 5.41) is 3.49. The lowest BCUT2D eigenvalue weighted by atomic mass is 10.2. The second-order valence-electron chi connectivity index (χ2n) is 5.42. The van der Waals surface area contributed by atoms with Crippen LogP contribution in [-0.4, -0.2) is 48.5 Å². The molecule has 130 valence electrons. The molecule has 0 radical (unpaired) electrons. The Bertz CT molecular complexity index is 686. The molecule has 5 nitrogen and oxygen atoms in total. The molecule has 0 aliphatic carbocycles. The van der Waals surface area contributed by atoms with E-state index >= 15 is 0 Å². The van der Waals surface area contributed by atoms with Crippen molar-refractivity contribution < 1.29 is 4.79 Å². The summed E-state index contributed by atoms with van der Waals surface area (Å²) >= 11 is 7.55. The first kappa shape index (κ1) is 19.0. The van der Waals surface area contributed by atoms with Gasteiger partial charge in [0.15, 0.2) is 0 Å². The monoisotopic (exact) mass is 386 g/mol. The first-order chi connectivity index (χ1) is 11.2. The average Bonchev–Trinajstić information content (AvgIpc) is 3.03. The van der Waals surface area contributed by atoms with Gasteiger partial charge in [-0.3, -0.25) is 4.79 Å². The summed E-state index contributed by atoms with van der Waals surface area (Å²) in [4.78, 5) is 21.0. The van der Waals surface area contributed by atoms with Crippen LogP contribution in [-0.2, 0) is 6.42 Å². The van der Waals surface area contributed by atoms with Crippen LogP contribution >= 0.6 is 35.3 Å². The molecule has 0 atom stereocenters. The van der Waals surface area contributed by atoms with E-state index in [2.05, 4.69) is 9.88 Å². The largest absolute Gasteiger partial charge is 0.368 e. The van der Waals surface area contributed by atoms with Gasteiger partial charge in [0.25, 0.3) is 5.91 Å². The Labute approximate surface area is 156 Å². The third-order valence-corrected chi connectivity index (χ3v) is 5.01. The highest BCUT2D eigenvalue weighted by Crippen LogP contribution is 2.21. The molecule has 1 aromatic carbocycles. The zero-order valence-corrected chi connectivity index (χ0v) is 15.5. The first-order valence-corrected chi connectivity index (χ1v) is 8.87. The van der Waals surface area contributed by atoms with E-state index in [1.807, 2.05) is 34.5 Å². The molecule has 1 amide bonds. The van der Waals surface area contributed by atoms with Crippen molar-refractivity contribution in [1.29, 1.82) is 0 Å². The van der Waals surface area contributed by atoms with Gasteiger partial charge in [-0.25, -0.2) is 4.98 Å². The van der Waals surface area contributed by atoms with Crippen molar-refractivity contribution in [3.05, 3.63) is 45.4 Å². The lowest BCUT2D eigenvalue weighted by Crippen LogP contribution is -2.48. The first-order valence-electron chi connectivity index (χ1n) is 7.61. The fourth-order valence-corrected chi connectivity index (χ4v) is 3.62. The van der Waals surface area contributed by atoms with Gasteiger partial charge in [-0.05, 0) is 24.7 Å². The summed E-state index contributed by atoms with van der Waals surface area (Å²) < 4.78 is 0. The lowest BCUT2D eigenvalue weighted by molar-refractivity contribution is 0.0741. The van der Waals surface area contributed by atoms with Crippen LogP contribution in [0.15, 0.2) is 29.6 Å². The second kappa shape index (κ2) is 8.67. The number of carbonyl (C=O) groups excluding carboxylic acids is 1. The molecule has 8 heteroatoms. The Kier molecular flexibility index (Phi) is 6.86. The normalized spacial score (nSPS) is 14.4. The van der Waals surface area contributed by atoms with Crippen molar-refractivity contribution in [3.63, 3.8) is 0 Å². The molecule has 2 aromatic rings. The second-order valence-corrected chi connectivity index (χ2v) is 6.80. The standard InChI is InChI=1S/C16H19ClN4OS.ClH/c17-12-2-1-3-13(10-12)20-6-8-21(9-7-20)16(22)14-11-23-15(19-14)4-5-18;/h1-3,10-11H,4-9,18H2;1H. The fraction of sp³-hybridized carbons (Fsp3) is 0.375. The number of amides is 1. The number of carbonyl (C=O) groups is 1. The molecule has 0 saturated carbocycles. The van der Waals surface area contributed by atoms with E-state index in [0.717, 1.165) is 35.2 Å². The topological polar surface area (TPSA) is 62.5 Å². The predicted molar refractivity (Wildman–Crippen MR) is 102 cm³/mol. The van der Waals surface area contributed by atoms with E-state index in [-0.39, 0.29) is 18.3 Å². The third-order valence-electron chi connectivity index (χ3n) is 3.87. The van der Waals surface area contributed by atoms with Gasteiger partial charge in [-0.15, -0.1) is 23.7 Å².